The minimum Gasteiger partial charge on any atom is -0.467 e. The molecule has 4 aromatic rings. The molecule has 0 unspecified atom stereocenters. The van der Waals surface area contributed by atoms with E-state index in [0.29, 0.717) is 34.3 Å². The number of nitrogens with one attached hydrogen (secondary N) is 1. The molecular weight excluding hydrogens is 661 g/mol. The van der Waals surface area contributed by atoms with E-state index in [-0.39, 0.29) is 43.9 Å². The lowest BCUT2D eigenvalue weighted by molar-refractivity contribution is -0.167. The van der Waals surface area contributed by atoms with Gasteiger partial charge in [0.1, 0.15) is 29.3 Å². The lowest BCUT2D eigenvalue weighted by Crippen LogP contribution is -2.53. The summed E-state index contributed by atoms with van der Waals surface area (Å²) in [5.41, 5.74) is -0.730. The zero-order valence-corrected chi connectivity index (χ0v) is 26.0. The number of hydrogen-bond donors (Lipinski definition) is 1. The predicted octanol–water partition coefficient (Wildman–Crippen LogP) is 2.67. The minimum absolute atomic E-state index is 0.0127. The number of hydrogen-bond acceptors (Lipinski definition) is 9. The highest BCUT2D eigenvalue weighted by Gasteiger charge is 2.46. The quantitative estimate of drug-likeness (QED) is 0.230. The highest BCUT2D eigenvalue weighted by molar-refractivity contribution is 5.97. The number of rotatable bonds is 7. The van der Waals surface area contributed by atoms with Crippen LogP contribution in [-0.2, 0) is 45.7 Å². The van der Waals surface area contributed by atoms with Crippen LogP contribution in [0.25, 0.3) is 16.6 Å². The normalized spacial score (nSPS) is 16.8. The van der Waals surface area contributed by atoms with Gasteiger partial charge in [-0.1, -0.05) is 6.07 Å². The van der Waals surface area contributed by atoms with Crippen molar-refractivity contribution in [2.24, 2.45) is 7.05 Å². The number of anilines is 1. The summed E-state index contributed by atoms with van der Waals surface area (Å²) >= 11 is 0. The molecule has 2 aromatic carbocycles. The van der Waals surface area contributed by atoms with Crippen molar-refractivity contribution in [1.29, 1.82) is 0 Å². The van der Waals surface area contributed by atoms with Crippen molar-refractivity contribution in [2.75, 3.05) is 31.8 Å². The van der Waals surface area contributed by atoms with Crippen LogP contribution in [-0.4, -0.2) is 71.1 Å². The van der Waals surface area contributed by atoms with E-state index in [4.69, 9.17) is 14.2 Å². The molecular formula is C32H28F5N5O7. The van der Waals surface area contributed by atoms with Crippen LogP contribution in [0.3, 0.4) is 0 Å². The zero-order chi connectivity index (χ0) is 35.2. The average molecular weight is 690 g/mol. The van der Waals surface area contributed by atoms with Crippen molar-refractivity contribution >= 4 is 28.5 Å². The first-order valence-electron chi connectivity index (χ1n) is 14.9. The van der Waals surface area contributed by atoms with E-state index in [9.17, 15) is 32.3 Å². The maximum atomic E-state index is 15.2. The van der Waals surface area contributed by atoms with Crippen LogP contribution in [0.5, 0.6) is 0 Å². The molecule has 1 saturated heterocycles. The van der Waals surface area contributed by atoms with E-state index < -0.39 is 70.9 Å². The van der Waals surface area contributed by atoms with Crippen LogP contribution in [0, 0.1) is 11.6 Å². The Morgan fingerprint density at radius 1 is 1.08 bits per heavy atom. The van der Waals surface area contributed by atoms with Gasteiger partial charge in [-0.05, 0) is 35.4 Å². The van der Waals surface area contributed by atoms with Crippen molar-refractivity contribution in [1.82, 2.24) is 19.4 Å². The largest absolute Gasteiger partial charge is 0.467 e. The Balaban J connectivity index is 1.30. The highest BCUT2D eigenvalue weighted by atomic mass is 19.4. The first-order valence-corrected chi connectivity index (χ1v) is 14.9. The van der Waals surface area contributed by atoms with E-state index in [1.165, 1.54) is 42.2 Å². The molecule has 12 nitrogen and oxygen atoms in total. The van der Waals surface area contributed by atoms with Crippen molar-refractivity contribution < 1.29 is 45.8 Å². The maximum absolute atomic E-state index is 15.2. The molecule has 2 atom stereocenters. The number of ether oxygens (including phenoxy) is 3. The number of fused-ring (bicyclic) bond motifs is 2. The van der Waals surface area contributed by atoms with Crippen molar-refractivity contribution in [3.63, 3.8) is 0 Å². The molecule has 2 aromatic heterocycles. The van der Waals surface area contributed by atoms with Crippen LogP contribution < -0.4 is 21.5 Å². The number of nitrogens with zero attached hydrogens (tertiary/aromatic N) is 4. The Morgan fingerprint density at radius 3 is 2.49 bits per heavy atom. The topological polar surface area (TPSA) is 134 Å². The zero-order valence-electron chi connectivity index (χ0n) is 26.0. The number of carbonyl (C=O) groups is 2. The lowest BCUT2D eigenvalue weighted by Gasteiger charge is -2.38. The molecule has 2 aliphatic heterocycles. The molecule has 49 heavy (non-hydrogen) atoms. The number of esters is 1. The number of halogens is 5. The standard InChI is InChI=1S/C32H28F5N5O7/c1-40-25-12-38-6-5-18(25)29(44)42(31(40)46)24-4-3-16(19-13-49-14-20(19)24)9-23(30(45)47-2)39-28(43)27-21(33)10-17(11-22(27)34)41-7-8-48-15-26(41)32(35,36)37/h3-6,10-12,23,26H,7-9,13-15H2,1-2H3,(H,39,43)/t23-,26+/m0/s1. The molecule has 1 fully saturated rings. The summed E-state index contributed by atoms with van der Waals surface area (Å²) in [4.78, 5) is 57.5. The van der Waals surface area contributed by atoms with Crippen molar-refractivity contribution in [2.45, 2.75) is 37.9 Å². The minimum atomic E-state index is -4.75. The fraction of sp³-hybridized carbons (Fsp3) is 0.344. The van der Waals surface area contributed by atoms with Gasteiger partial charge in [0, 0.05) is 37.5 Å². The molecule has 17 heteroatoms. The fourth-order valence-electron chi connectivity index (χ4n) is 6.15. The molecule has 0 aliphatic carbocycles. The van der Waals surface area contributed by atoms with E-state index >= 15 is 8.78 Å². The predicted molar refractivity (Wildman–Crippen MR) is 162 cm³/mol. The number of methoxy groups -OCH3 is 1. The molecule has 0 saturated carbocycles. The summed E-state index contributed by atoms with van der Waals surface area (Å²) in [6.45, 7) is -1.11. The smallest absolute Gasteiger partial charge is 0.411 e. The Kier molecular flexibility index (Phi) is 8.98. The van der Waals surface area contributed by atoms with Gasteiger partial charge in [0.25, 0.3) is 11.5 Å². The summed E-state index contributed by atoms with van der Waals surface area (Å²) in [5.74, 6) is -5.20. The highest BCUT2D eigenvalue weighted by Crippen LogP contribution is 2.33. The molecule has 1 amide bonds. The number of benzene rings is 2. The average Bonchev–Trinajstić information content (AvgIpc) is 3.57. The van der Waals surface area contributed by atoms with Crippen molar-refractivity contribution in [3.8, 4) is 5.69 Å². The number of pyridine rings is 1. The van der Waals surface area contributed by atoms with Gasteiger partial charge in [0.15, 0.2) is 0 Å². The third-order valence-corrected chi connectivity index (χ3v) is 8.62. The number of alkyl halides is 3. The molecule has 258 valence electrons. The summed E-state index contributed by atoms with van der Waals surface area (Å²) in [7, 11) is 2.54. The molecule has 4 heterocycles. The SMILES string of the molecule is COC(=O)[C@H](Cc1ccc(-n2c(=O)c3ccncc3n(C)c2=O)c2c1COC2)NC(=O)c1c(F)cc(N2CCOC[C@@H]2C(F)(F)F)cc1F. The van der Waals surface area contributed by atoms with Crippen LogP contribution >= 0.6 is 0 Å². The molecule has 0 radical (unpaired) electrons. The third kappa shape index (κ3) is 6.14. The number of carbonyl (C=O) groups excluding carboxylic acids is 2. The Morgan fingerprint density at radius 2 is 1.80 bits per heavy atom. The van der Waals surface area contributed by atoms with Gasteiger partial charge in [-0.2, -0.15) is 13.2 Å². The number of aromatic nitrogens is 3. The molecule has 6 rings (SSSR count). The van der Waals surface area contributed by atoms with Gasteiger partial charge >= 0.3 is 17.8 Å². The van der Waals surface area contributed by atoms with Gasteiger partial charge < -0.3 is 24.4 Å². The second kappa shape index (κ2) is 13.0. The summed E-state index contributed by atoms with van der Waals surface area (Å²) < 4.78 is 88.8. The van der Waals surface area contributed by atoms with Gasteiger partial charge in [0.05, 0.1) is 56.3 Å². The van der Waals surface area contributed by atoms with Gasteiger partial charge in [-0.15, -0.1) is 0 Å². The first-order chi connectivity index (χ1) is 23.3. The van der Waals surface area contributed by atoms with Gasteiger partial charge in [-0.3, -0.25) is 19.1 Å². The van der Waals surface area contributed by atoms with Crippen LogP contribution in [0.15, 0.2) is 52.3 Å². The molecule has 2 aliphatic rings. The number of morpholine rings is 1. The Hall–Kier alpha value is -5.16. The molecule has 0 bridgehead atoms. The molecule has 1 N–H and O–H groups in total. The fourth-order valence-corrected chi connectivity index (χ4v) is 6.15. The number of aryl methyl sites for hydroxylation is 1. The van der Waals surface area contributed by atoms with Crippen LogP contribution in [0.2, 0.25) is 0 Å². The van der Waals surface area contributed by atoms with E-state index in [1.807, 2.05) is 0 Å². The Bertz CT molecular complexity index is 2070. The van der Waals surface area contributed by atoms with E-state index in [1.54, 1.807) is 0 Å². The lowest BCUT2D eigenvalue weighted by atomic mass is 9.95. The van der Waals surface area contributed by atoms with Crippen LogP contribution in [0.1, 0.15) is 27.0 Å². The summed E-state index contributed by atoms with van der Waals surface area (Å²) in [5, 5.41) is 2.52. The van der Waals surface area contributed by atoms with Gasteiger partial charge in [-0.25, -0.2) is 22.9 Å². The second-order valence-corrected chi connectivity index (χ2v) is 11.4. The number of amides is 1. The van der Waals surface area contributed by atoms with Crippen molar-refractivity contribution in [3.05, 3.63) is 97.5 Å². The Labute approximate surface area is 273 Å². The van der Waals surface area contributed by atoms with Gasteiger partial charge in [0.2, 0.25) is 0 Å². The summed E-state index contributed by atoms with van der Waals surface area (Å²) in [6.07, 6.45) is -2.17. The second-order valence-electron chi connectivity index (χ2n) is 11.4. The first kappa shape index (κ1) is 33.7. The third-order valence-electron chi connectivity index (χ3n) is 8.62. The van der Waals surface area contributed by atoms with E-state index in [2.05, 4.69) is 10.3 Å². The summed E-state index contributed by atoms with van der Waals surface area (Å²) in [6, 6.07) is 2.12. The van der Waals surface area contributed by atoms with Crippen LogP contribution in [0.4, 0.5) is 27.6 Å². The monoisotopic (exact) mass is 689 g/mol. The maximum Gasteiger partial charge on any atom is 0.411 e. The molecule has 0 spiro atoms. The van der Waals surface area contributed by atoms with E-state index in [0.717, 1.165) is 16.6 Å².